The van der Waals surface area contributed by atoms with E-state index in [0.717, 1.165) is 12.8 Å². The molecule has 1 saturated carbocycles. The van der Waals surface area contributed by atoms with Crippen molar-refractivity contribution < 1.29 is 10.0 Å². The van der Waals surface area contributed by atoms with Crippen LogP contribution in [0.3, 0.4) is 0 Å². The average Bonchev–Trinajstić information content (AvgIpc) is 2.85. The molecule has 0 aromatic rings. The van der Waals surface area contributed by atoms with Crippen LogP contribution < -0.4 is 11.1 Å². The van der Waals surface area contributed by atoms with Crippen molar-refractivity contribution in [3.05, 3.63) is 0 Å². The molecule has 1 amide bonds. The van der Waals surface area contributed by atoms with E-state index in [4.69, 9.17) is 10.9 Å². The maximum absolute atomic E-state index is 12.4. The first-order valence-electron chi connectivity index (χ1n) is 6.70. The summed E-state index contributed by atoms with van der Waals surface area (Å²) in [6.45, 7) is 4.63. The molecule has 0 aromatic carbocycles. The molecule has 1 aliphatic rings. The van der Waals surface area contributed by atoms with Gasteiger partial charge in [0.2, 0.25) is 5.91 Å². The second-order valence-electron chi connectivity index (χ2n) is 6.16. The minimum Gasteiger partial charge on any atom is -0.409 e. The van der Waals surface area contributed by atoms with Crippen LogP contribution in [-0.4, -0.2) is 48.0 Å². The molecule has 0 radical (unpaired) electrons. The van der Waals surface area contributed by atoms with Crippen LogP contribution in [0, 0.1) is 5.41 Å². The molecule has 110 valence electrons. The summed E-state index contributed by atoms with van der Waals surface area (Å²) in [6.07, 6.45) is 3.16. The Hall–Kier alpha value is -1.30. The Bertz CT molecular complexity index is 358. The summed E-state index contributed by atoms with van der Waals surface area (Å²) in [5.41, 5.74) is 4.78. The fourth-order valence-corrected chi connectivity index (χ4v) is 2.30. The SMILES string of the molecule is CN(C)C(C)(C)CNC(=O)C1(C(N)=NO)CCCC1. The van der Waals surface area contributed by atoms with E-state index in [1.165, 1.54) is 0 Å². The van der Waals surface area contributed by atoms with Gasteiger partial charge in [-0.15, -0.1) is 0 Å². The zero-order valence-corrected chi connectivity index (χ0v) is 12.4. The third-order valence-corrected chi connectivity index (χ3v) is 4.38. The third kappa shape index (κ3) is 3.18. The van der Waals surface area contributed by atoms with Crippen LogP contribution in [0.4, 0.5) is 0 Å². The number of hydrogen-bond donors (Lipinski definition) is 3. The Morgan fingerprint density at radius 1 is 1.42 bits per heavy atom. The van der Waals surface area contributed by atoms with Crippen LogP contribution >= 0.6 is 0 Å². The lowest BCUT2D eigenvalue weighted by Gasteiger charge is -2.34. The number of amidine groups is 1. The molecule has 0 bridgehead atoms. The van der Waals surface area contributed by atoms with E-state index >= 15 is 0 Å². The molecule has 0 aliphatic heterocycles. The van der Waals surface area contributed by atoms with Crippen LogP contribution in [0.15, 0.2) is 5.16 Å². The monoisotopic (exact) mass is 270 g/mol. The lowest BCUT2D eigenvalue weighted by Crippen LogP contribution is -2.54. The van der Waals surface area contributed by atoms with Gasteiger partial charge in [0, 0.05) is 12.1 Å². The van der Waals surface area contributed by atoms with Crippen LogP contribution in [0.1, 0.15) is 39.5 Å². The summed E-state index contributed by atoms with van der Waals surface area (Å²) in [5, 5.41) is 14.9. The van der Waals surface area contributed by atoms with Crippen LogP contribution in [0.2, 0.25) is 0 Å². The maximum atomic E-state index is 12.4. The maximum Gasteiger partial charge on any atom is 0.234 e. The van der Waals surface area contributed by atoms with Crippen molar-refractivity contribution >= 4 is 11.7 Å². The number of nitrogens with zero attached hydrogens (tertiary/aromatic N) is 2. The van der Waals surface area contributed by atoms with Crippen molar-refractivity contribution in [1.29, 1.82) is 0 Å². The number of likely N-dealkylation sites (N-methyl/N-ethyl adjacent to an activating group) is 1. The van der Waals surface area contributed by atoms with Gasteiger partial charge in [-0.2, -0.15) is 0 Å². The van der Waals surface area contributed by atoms with E-state index in [0.29, 0.717) is 19.4 Å². The minimum absolute atomic E-state index is 0.0326. The number of amides is 1. The summed E-state index contributed by atoms with van der Waals surface area (Å²) >= 11 is 0. The summed E-state index contributed by atoms with van der Waals surface area (Å²) < 4.78 is 0. The Morgan fingerprint density at radius 3 is 2.37 bits per heavy atom. The molecule has 0 heterocycles. The first kappa shape index (κ1) is 15.8. The zero-order valence-electron chi connectivity index (χ0n) is 12.4. The average molecular weight is 270 g/mol. The Labute approximate surface area is 115 Å². The molecule has 0 atom stereocenters. The van der Waals surface area contributed by atoms with Gasteiger partial charge in [-0.1, -0.05) is 18.0 Å². The molecule has 4 N–H and O–H groups in total. The molecule has 1 aliphatic carbocycles. The van der Waals surface area contributed by atoms with Gasteiger partial charge in [-0.25, -0.2) is 0 Å². The third-order valence-electron chi connectivity index (χ3n) is 4.38. The second kappa shape index (κ2) is 5.77. The highest BCUT2D eigenvalue weighted by atomic mass is 16.4. The molecule has 6 heteroatoms. The van der Waals surface area contributed by atoms with Crippen molar-refractivity contribution in [1.82, 2.24) is 10.2 Å². The van der Waals surface area contributed by atoms with Gasteiger partial charge in [-0.3, -0.25) is 4.79 Å². The quantitative estimate of drug-likeness (QED) is 0.297. The van der Waals surface area contributed by atoms with Crippen molar-refractivity contribution in [3.8, 4) is 0 Å². The molecule has 6 nitrogen and oxygen atoms in total. The fourth-order valence-electron chi connectivity index (χ4n) is 2.30. The van der Waals surface area contributed by atoms with E-state index in [-0.39, 0.29) is 17.3 Å². The molecular formula is C13H26N4O2. The fraction of sp³-hybridized carbons (Fsp3) is 0.846. The molecular weight excluding hydrogens is 244 g/mol. The van der Waals surface area contributed by atoms with Crippen molar-refractivity contribution in [2.75, 3.05) is 20.6 Å². The molecule has 0 aromatic heterocycles. The van der Waals surface area contributed by atoms with E-state index in [1.807, 2.05) is 14.1 Å². The van der Waals surface area contributed by atoms with Gasteiger partial charge in [-0.05, 0) is 40.8 Å². The highest BCUT2D eigenvalue weighted by Crippen LogP contribution is 2.38. The number of nitrogens with one attached hydrogen (secondary N) is 1. The number of carbonyl (C=O) groups excluding carboxylic acids is 1. The highest BCUT2D eigenvalue weighted by Gasteiger charge is 2.45. The topological polar surface area (TPSA) is 91.0 Å². The van der Waals surface area contributed by atoms with Crippen LogP contribution in [-0.2, 0) is 4.79 Å². The molecule has 1 fully saturated rings. The van der Waals surface area contributed by atoms with Crippen molar-refractivity contribution in [2.24, 2.45) is 16.3 Å². The molecule has 1 rings (SSSR count). The van der Waals surface area contributed by atoms with Gasteiger partial charge in [0.1, 0.15) is 5.41 Å². The first-order chi connectivity index (χ1) is 8.76. The lowest BCUT2D eigenvalue weighted by molar-refractivity contribution is -0.128. The summed E-state index contributed by atoms with van der Waals surface area (Å²) in [4.78, 5) is 14.5. The first-order valence-corrected chi connectivity index (χ1v) is 6.70. The van der Waals surface area contributed by atoms with Gasteiger partial charge in [0.25, 0.3) is 0 Å². The highest BCUT2D eigenvalue weighted by molar-refractivity contribution is 6.07. The Kier molecular flexibility index (Phi) is 4.79. The van der Waals surface area contributed by atoms with E-state index < -0.39 is 5.41 Å². The van der Waals surface area contributed by atoms with Crippen molar-refractivity contribution in [2.45, 2.75) is 45.1 Å². The van der Waals surface area contributed by atoms with Crippen LogP contribution in [0.25, 0.3) is 0 Å². The summed E-state index contributed by atoms with van der Waals surface area (Å²) in [7, 11) is 3.95. The van der Waals surface area contributed by atoms with Gasteiger partial charge >= 0.3 is 0 Å². The summed E-state index contributed by atoms with van der Waals surface area (Å²) in [6, 6.07) is 0. The predicted molar refractivity (Wildman–Crippen MR) is 75.1 cm³/mol. The Balaban J connectivity index is 2.75. The van der Waals surface area contributed by atoms with E-state index in [2.05, 4.69) is 29.2 Å². The van der Waals surface area contributed by atoms with E-state index in [9.17, 15) is 4.79 Å². The van der Waals surface area contributed by atoms with Crippen molar-refractivity contribution in [3.63, 3.8) is 0 Å². The molecule has 0 unspecified atom stereocenters. The van der Waals surface area contributed by atoms with E-state index in [1.54, 1.807) is 0 Å². The van der Waals surface area contributed by atoms with Gasteiger partial charge < -0.3 is 21.2 Å². The van der Waals surface area contributed by atoms with Gasteiger partial charge in [0.15, 0.2) is 5.84 Å². The lowest BCUT2D eigenvalue weighted by atomic mass is 9.83. The largest absolute Gasteiger partial charge is 0.409 e. The molecule has 0 spiro atoms. The normalized spacial score (nSPS) is 19.7. The number of hydrogen-bond acceptors (Lipinski definition) is 4. The number of carbonyl (C=O) groups is 1. The smallest absolute Gasteiger partial charge is 0.234 e. The van der Waals surface area contributed by atoms with Gasteiger partial charge in [0.05, 0.1) is 0 Å². The Morgan fingerprint density at radius 2 is 1.95 bits per heavy atom. The zero-order chi connectivity index (χ0) is 14.7. The number of rotatable bonds is 5. The minimum atomic E-state index is -0.822. The molecule has 19 heavy (non-hydrogen) atoms. The standard InChI is InChI=1S/C13H26N4O2/c1-12(2,17(3)4)9-15-11(18)13(10(14)16-19)7-5-6-8-13/h19H,5-9H2,1-4H3,(H2,14,16)(H,15,18). The molecule has 0 saturated heterocycles. The summed E-state index contributed by atoms with van der Waals surface area (Å²) in [5.74, 6) is -0.0969. The number of nitrogens with two attached hydrogens (primary N) is 1. The predicted octanol–water partition coefficient (Wildman–Crippen LogP) is 0.750. The second-order valence-corrected chi connectivity index (χ2v) is 6.16. The van der Waals surface area contributed by atoms with Crippen LogP contribution in [0.5, 0.6) is 0 Å². The number of oxime groups is 1.